The minimum atomic E-state index is -0.479. The summed E-state index contributed by atoms with van der Waals surface area (Å²) in [6, 6.07) is 5.10. The van der Waals surface area contributed by atoms with Crippen LogP contribution in [-0.4, -0.2) is 29.1 Å². The third-order valence-corrected chi connectivity index (χ3v) is 3.97. The average Bonchev–Trinajstić information content (AvgIpc) is 3.24. The summed E-state index contributed by atoms with van der Waals surface area (Å²) in [4.78, 5) is 26.3. The van der Waals surface area contributed by atoms with Crippen LogP contribution in [0.3, 0.4) is 0 Å². The van der Waals surface area contributed by atoms with E-state index < -0.39 is 17.3 Å². The molecule has 0 saturated heterocycles. The summed E-state index contributed by atoms with van der Waals surface area (Å²) in [6.45, 7) is 0.409. The Morgan fingerprint density at radius 3 is 2.81 bits per heavy atom. The second-order valence-corrected chi connectivity index (χ2v) is 5.58. The zero-order valence-corrected chi connectivity index (χ0v) is 11.3. The first kappa shape index (κ1) is 13.8. The van der Waals surface area contributed by atoms with Gasteiger partial charge < -0.3 is 15.4 Å². The first-order chi connectivity index (χ1) is 10.0. The minimum absolute atomic E-state index is 0.0363. The zero-order chi connectivity index (χ0) is 15.0. The van der Waals surface area contributed by atoms with Gasteiger partial charge in [-0.1, -0.05) is 0 Å². The maximum atomic E-state index is 13.2. The van der Waals surface area contributed by atoms with E-state index in [0.717, 1.165) is 12.8 Å². The first-order valence-corrected chi connectivity index (χ1v) is 6.75. The van der Waals surface area contributed by atoms with Gasteiger partial charge in [-0.15, -0.1) is 0 Å². The Balaban J connectivity index is 1.92. The highest BCUT2D eigenvalue weighted by Gasteiger charge is 2.42. The predicted molar refractivity (Wildman–Crippen MR) is 75.6 cm³/mol. The molecular formula is C15H15FN2O3. The fourth-order valence-corrected chi connectivity index (χ4v) is 2.35. The van der Waals surface area contributed by atoms with Crippen LogP contribution in [0.5, 0.6) is 0 Å². The molecule has 1 saturated carbocycles. The number of halogens is 1. The molecular weight excluding hydrogens is 275 g/mol. The quantitative estimate of drug-likeness (QED) is 0.790. The van der Waals surface area contributed by atoms with E-state index in [0.29, 0.717) is 11.9 Å². The number of aromatic amines is 1. The van der Waals surface area contributed by atoms with Gasteiger partial charge in [-0.3, -0.25) is 9.59 Å². The summed E-state index contributed by atoms with van der Waals surface area (Å²) in [5.74, 6) is -0.870. The normalized spacial score (nSPS) is 15.9. The molecule has 1 fully saturated rings. The number of H-pyrrole nitrogens is 1. The smallest absolute Gasteiger partial charge is 0.252 e. The van der Waals surface area contributed by atoms with Gasteiger partial charge in [0.2, 0.25) is 5.56 Å². The highest BCUT2D eigenvalue weighted by molar-refractivity contribution is 6.05. The highest BCUT2D eigenvalue weighted by Crippen LogP contribution is 2.44. The Hall–Kier alpha value is -2.21. The van der Waals surface area contributed by atoms with E-state index in [1.807, 2.05) is 0 Å². The molecule has 0 atom stereocenters. The molecule has 0 radical (unpaired) electrons. The lowest BCUT2D eigenvalue weighted by Gasteiger charge is -2.13. The molecule has 1 heterocycles. The van der Waals surface area contributed by atoms with Gasteiger partial charge >= 0.3 is 0 Å². The van der Waals surface area contributed by atoms with E-state index in [4.69, 9.17) is 0 Å². The molecule has 1 aliphatic carbocycles. The van der Waals surface area contributed by atoms with Crippen LogP contribution < -0.4 is 10.9 Å². The van der Waals surface area contributed by atoms with E-state index in [9.17, 15) is 19.1 Å². The largest absolute Gasteiger partial charge is 0.396 e. The SMILES string of the molecule is O=C(NCC1(CO)CC1)c1cc(=O)[nH]c2cc(F)ccc12. The monoisotopic (exact) mass is 290 g/mol. The lowest BCUT2D eigenvalue weighted by atomic mass is 10.1. The van der Waals surface area contributed by atoms with Crippen LogP contribution in [-0.2, 0) is 0 Å². The van der Waals surface area contributed by atoms with Crippen molar-refractivity contribution < 1.29 is 14.3 Å². The molecule has 0 spiro atoms. The molecule has 1 aromatic carbocycles. The van der Waals surface area contributed by atoms with Crippen LogP contribution in [0.25, 0.3) is 10.9 Å². The maximum absolute atomic E-state index is 13.2. The van der Waals surface area contributed by atoms with E-state index in [2.05, 4.69) is 10.3 Å². The topological polar surface area (TPSA) is 82.2 Å². The van der Waals surface area contributed by atoms with Crippen molar-refractivity contribution in [3.05, 3.63) is 46.0 Å². The number of nitrogens with one attached hydrogen (secondary N) is 2. The van der Waals surface area contributed by atoms with Crippen molar-refractivity contribution in [3.8, 4) is 0 Å². The molecule has 3 N–H and O–H groups in total. The van der Waals surface area contributed by atoms with Gasteiger partial charge in [0.1, 0.15) is 5.82 Å². The third kappa shape index (κ3) is 2.67. The summed E-state index contributed by atoms with van der Waals surface area (Å²) in [6.07, 6.45) is 1.76. The number of aromatic nitrogens is 1. The number of carbonyl (C=O) groups excluding carboxylic acids is 1. The van der Waals surface area contributed by atoms with Crippen LogP contribution >= 0.6 is 0 Å². The van der Waals surface area contributed by atoms with E-state index >= 15 is 0 Å². The number of rotatable bonds is 4. The molecule has 6 heteroatoms. The first-order valence-electron chi connectivity index (χ1n) is 6.75. The van der Waals surface area contributed by atoms with Gasteiger partial charge in [0, 0.05) is 23.4 Å². The minimum Gasteiger partial charge on any atom is -0.396 e. The number of aliphatic hydroxyl groups is 1. The third-order valence-electron chi connectivity index (χ3n) is 3.97. The average molecular weight is 290 g/mol. The lowest BCUT2D eigenvalue weighted by Crippen LogP contribution is -2.32. The molecule has 0 aliphatic heterocycles. The van der Waals surface area contributed by atoms with E-state index in [1.54, 1.807) is 0 Å². The zero-order valence-electron chi connectivity index (χ0n) is 11.3. The standard InChI is InChI=1S/C15H15FN2O3/c16-9-1-2-10-11(6-13(20)18-12(10)5-9)14(21)17-7-15(8-19)3-4-15/h1-2,5-6,19H,3-4,7-8H2,(H,17,21)(H,18,20). The molecule has 1 aliphatic rings. The lowest BCUT2D eigenvalue weighted by molar-refractivity contribution is 0.0936. The van der Waals surface area contributed by atoms with Crippen molar-refractivity contribution in [1.29, 1.82) is 0 Å². The van der Waals surface area contributed by atoms with Gasteiger partial charge in [-0.2, -0.15) is 0 Å². The number of amides is 1. The number of hydrogen-bond donors (Lipinski definition) is 3. The Bertz CT molecular complexity index is 765. The molecule has 2 aromatic rings. The molecule has 1 aromatic heterocycles. The fourth-order valence-electron chi connectivity index (χ4n) is 2.35. The molecule has 0 unspecified atom stereocenters. The van der Waals surface area contributed by atoms with Crippen LogP contribution in [0.2, 0.25) is 0 Å². The molecule has 21 heavy (non-hydrogen) atoms. The summed E-state index contributed by atoms with van der Waals surface area (Å²) in [5.41, 5.74) is -0.168. The number of fused-ring (bicyclic) bond motifs is 1. The van der Waals surface area contributed by atoms with E-state index in [1.165, 1.54) is 24.3 Å². The van der Waals surface area contributed by atoms with Gasteiger partial charge in [0.05, 0.1) is 17.7 Å². The Morgan fingerprint density at radius 1 is 1.38 bits per heavy atom. The second kappa shape index (κ2) is 4.96. The summed E-state index contributed by atoms with van der Waals surface area (Å²) in [7, 11) is 0. The predicted octanol–water partition coefficient (Wildman–Crippen LogP) is 1.17. The van der Waals surface area contributed by atoms with Crippen LogP contribution in [0, 0.1) is 11.2 Å². The number of aliphatic hydroxyl groups excluding tert-OH is 1. The number of pyridine rings is 1. The molecule has 0 bridgehead atoms. The molecule has 110 valence electrons. The van der Waals surface area contributed by atoms with Crippen LogP contribution in [0.15, 0.2) is 29.1 Å². The van der Waals surface area contributed by atoms with Crippen LogP contribution in [0.1, 0.15) is 23.2 Å². The fraction of sp³-hybridized carbons (Fsp3) is 0.333. The van der Waals surface area contributed by atoms with Gasteiger partial charge in [-0.25, -0.2) is 4.39 Å². The second-order valence-electron chi connectivity index (χ2n) is 5.58. The van der Waals surface area contributed by atoms with Gasteiger partial charge in [0.15, 0.2) is 0 Å². The van der Waals surface area contributed by atoms with Crippen molar-refractivity contribution >= 4 is 16.8 Å². The number of hydrogen-bond acceptors (Lipinski definition) is 3. The summed E-state index contributed by atoms with van der Waals surface area (Å²) >= 11 is 0. The van der Waals surface area contributed by atoms with Crippen molar-refractivity contribution in [2.45, 2.75) is 12.8 Å². The Kier molecular flexibility index (Phi) is 3.25. The maximum Gasteiger partial charge on any atom is 0.252 e. The molecule has 1 amide bonds. The summed E-state index contributed by atoms with van der Waals surface area (Å²) < 4.78 is 13.2. The van der Waals surface area contributed by atoms with Crippen molar-refractivity contribution in [3.63, 3.8) is 0 Å². The highest BCUT2D eigenvalue weighted by atomic mass is 19.1. The Morgan fingerprint density at radius 2 is 2.14 bits per heavy atom. The van der Waals surface area contributed by atoms with Crippen molar-refractivity contribution in [1.82, 2.24) is 10.3 Å². The van der Waals surface area contributed by atoms with Gasteiger partial charge in [0.25, 0.3) is 5.91 Å². The number of carbonyl (C=O) groups is 1. The molecule has 5 nitrogen and oxygen atoms in total. The number of benzene rings is 1. The van der Waals surface area contributed by atoms with Gasteiger partial charge in [-0.05, 0) is 31.0 Å². The van der Waals surface area contributed by atoms with Crippen molar-refractivity contribution in [2.75, 3.05) is 13.2 Å². The van der Waals surface area contributed by atoms with Crippen molar-refractivity contribution in [2.24, 2.45) is 5.41 Å². The molecule has 3 rings (SSSR count). The van der Waals surface area contributed by atoms with Crippen LogP contribution in [0.4, 0.5) is 4.39 Å². The van der Waals surface area contributed by atoms with E-state index in [-0.39, 0.29) is 23.1 Å². The Labute approximate surface area is 119 Å². The summed E-state index contributed by atoms with van der Waals surface area (Å²) in [5, 5.41) is 12.5.